The van der Waals surface area contributed by atoms with Crippen molar-refractivity contribution < 1.29 is 0 Å². The van der Waals surface area contributed by atoms with E-state index >= 15 is 0 Å². The topological polar surface area (TPSA) is 51.4 Å². The SMILES string of the molecule is Cc1cn(-c2c(C(C)C)cc(-c3ccccc3)cc2C(C)C)c(-c2ccc(CCCCC3=CN(c4c(C(C)C)cc(-c5ccccc5)cc4C(C)C)C4c5ccccc5/C(=C\Cc5ccccc5C(=N)N(C)c5c(C(C)C)cccc5C(C)C)N34)cc2)n1. The van der Waals surface area contributed by atoms with Crippen LogP contribution in [-0.2, 0) is 12.8 Å². The Labute approximate surface area is 526 Å². The third kappa shape index (κ3) is 12.1. The van der Waals surface area contributed by atoms with Crippen LogP contribution < -0.4 is 9.80 Å². The van der Waals surface area contributed by atoms with Gasteiger partial charge in [-0.3, -0.25) is 9.98 Å². The summed E-state index contributed by atoms with van der Waals surface area (Å²) in [5.74, 6) is 3.37. The average molecular weight is 1160 g/mol. The lowest BCUT2D eigenvalue weighted by Crippen LogP contribution is -2.29. The van der Waals surface area contributed by atoms with Crippen LogP contribution in [0.5, 0.6) is 0 Å². The monoisotopic (exact) mass is 1160 g/mol. The Bertz CT molecular complexity index is 3930. The minimum atomic E-state index is -0.0459. The smallest absolute Gasteiger partial charge is 0.144 e. The van der Waals surface area contributed by atoms with E-state index in [1.54, 1.807) is 0 Å². The number of imidazole rings is 1. The quantitative estimate of drug-likeness (QED) is 0.0469. The summed E-state index contributed by atoms with van der Waals surface area (Å²) in [6, 6.07) is 65.1. The number of amidine groups is 1. The lowest BCUT2D eigenvalue weighted by molar-refractivity contribution is 0.406. The van der Waals surface area contributed by atoms with E-state index in [0.29, 0.717) is 47.8 Å². The predicted molar refractivity (Wildman–Crippen MR) is 375 cm³/mol. The number of hydrogen-bond donors (Lipinski definition) is 1. The lowest BCUT2D eigenvalue weighted by Gasteiger charge is -2.34. The molecule has 6 nitrogen and oxygen atoms in total. The van der Waals surface area contributed by atoms with E-state index in [9.17, 15) is 5.41 Å². The molecule has 0 aliphatic carbocycles. The first-order chi connectivity index (χ1) is 42.4. The fourth-order valence-corrected chi connectivity index (χ4v) is 13.8. The molecule has 9 aromatic rings. The van der Waals surface area contributed by atoms with Gasteiger partial charge in [-0.05, 0) is 166 Å². The first kappa shape index (κ1) is 61.2. The van der Waals surface area contributed by atoms with E-state index in [2.05, 4.69) is 311 Å². The molecule has 0 saturated heterocycles. The summed E-state index contributed by atoms with van der Waals surface area (Å²) in [5.41, 5.74) is 27.5. The van der Waals surface area contributed by atoms with Gasteiger partial charge in [0, 0.05) is 64.5 Å². The van der Waals surface area contributed by atoms with Crippen LogP contribution in [0.1, 0.15) is 211 Å². The van der Waals surface area contributed by atoms with E-state index in [0.717, 1.165) is 59.6 Å². The van der Waals surface area contributed by atoms with Gasteiger partial charge in [0.25, 0.3) is 0 Å². The van der Waals surface area contributed by atoms with Crippen molar-refractivity contribution in [2.75, 3.05) is 16.8 Å². The van der Waals surface area contributed by atoms with Gasteiger partial charge in [-0.1, -0.05) is 241 Å². The Balaban J connectivity index is 0.920. The number of nitrogens with zero attached hydrogens (tertiary/aromatic N) is 5. The Morgan fingerprint density at radius 3 is 1.58 bits per heavy atom. The molecule has 0 bridgehead atoms. The normalized spacial score (nSPS) is 14.4. The van der Waals surface area contributed by atoms with Crippen LogP contribution in [0.3, 0.4) is 0 Å². The molecule has 2 aliphatic heterocycles. The number of nitrogens with one attached hydrogen (secondary N) is 1. The standard InChI is InChI=1S/C82H92N6/c1-52(2)67-38-27-39-68(53(3)4)77(67)85(14)80(83)69-35-24-22-33-62(69)44-45-76-70-36-25-26-37-71(70)82-87(79-74(56(9)10)48-65(49-75(79)57(11)12)61-31-19-16-20-32-61)51-66(88(76)82)34-23-21-28-59-40-42-63(43-41-59)81-84-58(13)50-86(81)78-72(54(5)6)46-64(47-73(78)55(7)8)60-29-17-15-18-30-60/h15-20,22,24-27,29-33,35-43,45-57,82-83H,21,23,28,34,44H2,1-14H3/b76-45+,83-80?. The Morgan fingerprint density at radius 1 is 0.523 bits per heavy atom. The number of allylic oxidation sites excluding steroid dienone is 2. The second kappa shape index (κ2) is 26.1. The highest BCUT2D eigenvalue weighted by atomic mass is 15.4. The van der Waals surface area contributed by atoms with E-state index in [-0.39, 0.29) is 6.17 Å². The highest BCUT2D eigenvalue weighted by molar-refractivity contribution is 6.09. The predicted octanol–water partition coefficient (Wildman–Crippen LogP) is 22.1. The number of para-hydroxylation sites is 1. The van der Waals surface area contributed by atoms with Crippen LogP contribution in [0, 0.1) is 12.3 Å². The van der Waals surface area contributed by atoms with Crippen molar-refractivity contribution in [3.05, 3.63) is 267 Å². The summed E-state index contributed by atoms with van der Waals surface area (Å²) < 4.78 is 2.37. The Kier molecular flexibility index (Phi) is 18.1. The zero-order valence-electron chi connectivity index (χ0n) is 54.8. The fraction of sp³-hybridized carbons (Fsp3) is 0.317. The van der Waals surface area contributed by atoms with E-state index in [4.69, 9.17) is 4.98 Å². The molecule has 0 radical (unpaired) electrons. The Morgan fingerprint density at radius 2 is 1.02 bits per heavy atom. The molecular formula is C82H92N6. The van der Waals surface area contributed by atoms with Gasteiger partial charge >= 0.3 is 0 Å². The number of rotatable bonds is 20. The van der Waals surface area contributed by atoms with Gasteiger partial charge in [-0.2, -0.15) is 0 Å². The minimum absolute atomic E-state index is 0.0459. The molecular weight excluding hydrogens is 1070 g/mol. The van der Waals surface area contributed by atoms with Crippen molar-refractivity contribution in [3.63, 3.8) is 0 Å². The number of unbranched alkanes of at least 4 members (excludes halogenated alkanes) is 1. The fourth-order valence-electron chi connectivity index (χ4n) is 13.8. The van der Waals surface area contributed by atoms with Crippen LogP contribution in [0.25, 0.3) is 45.0 Å². The largest absolute Gasteiger partial charge is 0.329 e. The van der Waals surface area contributed by atoms with Gasteiger partial charge in [0.1, 0.15) is 17.8 Å². The number of hydrogen-bond acceptors (Lipinski definition) is 4. The molecule has 0 spiro atoms. The second-order valence-corrected chi connectivity index (χ2v) is 26.6. The maximum Gasteiger partial charge on any atom is 0.144 e. The van der Waals surface area contributed by atoms with Crippen molar-refractivity contribution in [1.29, 1.82) is 5.41 Å². The molecule has 8 aromatic carbocycles. The van der Waals surface area contributed by atoms with Crippen molar-refractivity contribution in [3.8, 4) is 39.3 Å². The molecule has 6 heteroatoms. The molecule has 88 heavy (non-hydrogen) atoms. The van der Waals surface area contributed by atoms with Gasteiger partial charge in [-0.25, -0.2) is 4.98 Å². The maximum absolute atomic E-state index is 9.94. The first-order valence-electron chi connectivity index (χ1n) is 32.6. The van der Waals surface area contributed by atoms with Crippen molar-refractivity contribution in [1.82, 2.24) is 14.5 Å². The number of aryl methyl sites for hydroxylation is 2. The van der Waals surface area contributed by atoms with Gasteiger partial charge < -0.3 is 14.7 Å². The van der Waals surface area contributed by atoms with Crippen LogP contribution in [-0.4, -0.2) is 27.3 Å². The summed E-state index contributed by atoms with van der Waals surface area (Å²) in [5, 5.41) is 9.94. The Hall–Kier alpha value is -8.48. The molecule has 450 valence electrons. The number of aromatic nitrogens is 2. The highest BCUT2D eigenvalue weighted by Crippen LogP contribution is 2.55. The zero-order chi connectivity index (χ0) is 62.1. The van der Waals surface area contributed by atoms with Gasteiger partial charge in [0.2, 0.25) is 0 Å². The number of benzene rings is 8. The molecule has 0 fully saturated rings. The molecule has 1 aromatic heterocycles. The van der Waals surface area contributed by atoms with E-state index < -0.39 is 0 Å². The van der Waals surface area contributed by atoms with Crippen LogP contribution in [0.15, 0.2) is 200 Å². The second-order valence-electron chi connectivity index (χ2n) is 26.6. The molecule has 1 N–H and O–H groups in total. The summed E-state index contributed by atoms with van der Waals surface area (Å²) >= 11 is 0. The van der Waals surface area contributed by atoms with Crippen LogP contribution >= 0.6 is 0 Å². The third-order valence-electron chi connectivity index (χ3n) is 18.4. The van der Waals surface area contributed by atoms with Gasteiger partial charge in [0.15, 0.2) is 0 Å². The van der Waals surface area contributed by atoms with E-state index in [1.807, 2.05) is 0 Å². The highest BCUT2D eigenvalue weighted by Gasteiger charge is 2.44. The minimum Gasteiger partial charge on any atom is -0.329 e. The number of anilines is 2. The molecule has 1 unspecified atom stereocenters. The van der Waals surface area contributed by atoms with Crippen molar-refractivity contribution >= 4 is 22.9 Å². The molecule has 11 rings (SSSR count). The lowest BCUT2D eigenvalue weighted by atomic mass is 9.87. The molecule has 2 aliphatic rings. The molecule has 0 amide bonds. The van der Waals surface area contributed by atoms with Crippen molar-refractivity contribution in [2.45, 2.75) is 164 Å². The molecule has 3 heterocycles. The average Bonchev–Trinajstić information content (AvgIpc) is 1.99. The summed E-state index contributed by atoms with van der Waals surface area (Å²) in [6.07, 6.45) is 11.9. The summed E-state index contributed by atoms with van der Waals surface area (Å²) in [6.45, 7) is 29.9. The maximum atomic E-state index is 9.94. The van der Waals surface area contributed by atoms with Gasteiger partial charge in [-0.15, -0.1) is 0 Å². The van der Waals surface area contributed by atoms with E-state index in [1.165, 1.54) is 95.1 Å². The van der Waals surface area contributed by atoms with Crippen LogP contribution in [0.4, 0.5) is 11.4 Å². The molecule has 0 saturated carbocycles. The zero-order valence-corrected chi connectivity index (χ0v) is 54.8. The summed E-state index contributed by atoms with van der Waals surface area (Å²) in [7, 11) is 2.09. The first-order valence-corrected chi connectivity index (χ1v) is 32.6. The van der Waals surface area contributed by atoms with Crippen molar-refractivity contribution in [2.24, 2.45) is 0 Å². The number of fused-ring (bicyclic) bond motifs is 3. The van der Waals surface area contributed by atoms with Crippen LogP contribution in [0.2, 0.25) is 0 Å². The molecule has 1 atom stereocenters. The van der Waals surface area contributed by atoms with Gasteiger partial charge in [0.05, 0.1) is 11.4 Å². The third-order valence-corrected chi connectivity index (χ3v) is 18.4. The summed E-state index contributed by atoms with van der Waals surface area (Å²) in [4.78, 5) is 12.7.